The SMILES string of the molecule is CCOC(=O)CCN(CC)c1ccc(N=Nc2cc(C)c(N=Nc3nc4ccc([N+](=O)[O-])cc4s3)cc2OC)cc1. The topological polar surface area (TPSA) is 144 Å². The number of rotatable bonds is 12. The third-order valence-corrected chi connectivity index (χ3v) is 6.98. The lowest BCUT2D eigenvalue weighted by atomic mass is 10.1. The summed E-state index contributed by atoms with van der Waals surface area (Å²) in [6.45, 7) is 7.40. The molecule has 1 aromatic heterocycles. The summed E-state index contributed by atoms with van der Waals surface area (Å²) in [7, 11) is 1.54. The van der Waals surface area contributed by atoms with E-state index in [1.165, 1.54) is 30.6 Å². The van der Waals surface area contributed by atoms with E-state index in [0.29, 0.717) is 57.7 Å². The van der Waals surface area contributed by atoms with Gasteiger partial charge in [-0.2, -0.15) is 5.11 Å². The number of nitro groups is 1. The summed E-state index contributed by atoms with van der Waals surface area (Å²) in [6, 6.07) is 15.6. The summed E-state index contributed by atoms with van der Waals surface area (Å²) >= 11 is 1.22. The number of carbonyl (C=O) groups is 1. The van der Waals surface area contributed by atoms with Gasteiger partial charge in [0.05, 0.1) is 46.7 Å². The number of ether oxygens (including phenoxy) is 2. The molecule has 0 saturated carbocycles. The van der Waals surface area contributed by atoms with E-state index in [9.17, 15) is 14.9 Å². The fourth-order valence-corrected chi connectivity index (χ4v) is 4.76. The Labute approximate surface area is 240 Å². The van der Waals surface area contributed by atoms with E-state index < -0.39 is 4.92 Å². The number of aryl methyl sites for hydroxylation is 1. The molecule has 0 amide bonds. The maximum absolute atomic E-state index is 11.7. The molecule has 0 aliphatic carbocycles. The molecule has 0 unspecified atom stereocenters. The first-order valence-electron chi connectivity index (χ1n) is 12.9. The number of non-ortho nitro benzene ring substituents is 1. The van der Waals surface area contributed by atoms with Crippen LogP contribution in [0.1, 0.15) is 25.8 Å². The van der Waals surface area contributed by atoms with Crippen molar-refractivity contribution in [3.05, 3.63) is 70.3 Å². The highest BCUT2D eigenvalue weighted by atomic mass is 32.1. The largest absolute Gasteiger partial charge is 0.494 e. The minimum absolute atomic E-state index is 0.000111. The standard InChI is InChI=1S/C28H29N7O5S/c1-5-34(14-13-27(36)40-6-2)20-9-7-19(8-10-20)30-32-24-15-18(3)23(17-25(24)39-4)31-33-28-29-22-12-11-21(35(37)38)16-26(22)41-28/h7-12,15-17H,5-6,13-14H2,1-4H3. The van der Waals surface area contributed by atoms with E-state index in [4.69, 9.17) is 9.47 Å². The summed E-state index contributed by atoms with van der Waals surface area (Å²) in [4.78, 5) is 28.8. The summed E-state index contributed by atoms with van der Waals surface area (Å²) in [5.74, 6) is 0.263. The summed E-state index contributed by atoms with van der Waals surface area (Å²) in [5.41, 5.74) is 4.16. The van der Waals surface area contributed by atoms with Crippen LogP contribution in [0.4, 0.5) is 33.6 Å². The molecule has 3 aromatic carbocycles. The highest BCUT2D eigenvalue weighted by Crippen LogP contribution is 2.37. The van der Waals surface area contributed by atoms with Crippen LogP contribution in [0.5, 0.6) is 5.75 Å². The maximum Gasteiger partial charge on any atom is 0.307 e. The van der Waals surface area contributed by atoms with Crippen molar-refractivity contribution in [1.82, 2.24) is 4.98 Å². The predicted octanol–water partition coefficient (Wildman–Crippen LogP) is 8.13. The molecule has 0 spiro atoms. The number of azo groups is 2. The lowest BCUT2D eigenvalue weighted by Crippen LogP contribution is -2.26. The number of benzene rings is 3. The second-order valence-electron chi connectivity index (χ2n) is 8.77. The number of esters is 1. The van der Waals surface area contributed by atoms with Crippen LogP contribution in [0.15, 0.2) is 75.1 Å². The fourth-order valence-electron chi connectivity index (χ4n) is 3.94. The minimum atomic E-state index is -0.444. The van der Waals surface area contributed by atoms with Gasteiger partial charge in [0.1, 0.15) is 11.4 Å². The van der Waals surface area contributed by atoms with Crippen molar-refractivity contribution in [1.29, 1.82) is 0 Å². The molecule has 1 heterocycles. The maximum atomic E-state index is 11.7. The first-order valence-corrected chi connectivity index (χ1v) is 13.7. The van der Waals surface area contributed by atoms with Gasteiger partial charge in [-0.3, -0.25) is 14.9 Å². The Hall–Kier alpha value is -4.78. The Kier molecular flexibility index (Phi) is 9.64. The molecule has 0 atom stereocenters. The number of anilines is 1. The monoisotopic (exact) mass is 575 g/mol. The molecule has 13 heteroatoms. The van der Waals surface area contributed by atoms with Crippen molar-refractivity contribution in [2.45, 2.75) is 27.2 Å². The van der Waals surface area contributed by atoms with Crippen LogP contribution in [0, 0.1) is 17.0 Å². The van der Waals surface area contributed by atoms with E-state index in [-0.39, 0.29) is 11.7 Å². The van der Waals surface area contributed by atoms with Crippen molar-refractivity contribution >= 4 is 61.1 Å². The van der Waals surface area contributed by atoms with Crippen LogP contribution >= 0.6 is 11.3 Å². The molecule has 0 aliphatic heterocycles. The van der Waals surface area contributed by atoms with E-state index in [1.807, 2.05) is 38.1 Å². The van der Waals surface area contributed by atoms with Crippen molar-refractivity contribution in [3.63, 3.8) is 0 Å². The van der Waals surface area contributed by atoms with Crippen LogP contribution in [0.3, 0.4) is 0 Å². The van der Waals surface area contributed by atoms with Crippen molar-refractivity contribution in [2.24, 2.45) is 20.5 Å². The number of fused-ring (bicyclic) bond motifs is 1. The molecule has 212 valence electrons. The zero-order valence-electron chi connectivity index (χ0n) is 23.1. The number of nitrogens with zero attached hydrogens (tertiary/aromatic N) is 7. The quantitative estimate of drug-likeness (QED) is 0.0717. The Morgan fingerprint density at radius 2 is 1.78 bits per heavy atom. The summed E-state index contributed by atoms with van der Waals surface area (Å²) < 4.78 is 11.2. The Bertz CT molecular complexity index is 1600. The molecular weight excluding hydrogens is 546 g/mol. The molecule has 4 rings (SSSR count). The van der Waals surface area contributed by atoms with Gasteiger partial charge in [-0.1, -0.05) is 11.3 Å². The van der Waals surface area contributed by atoms with E-state index >= 15 is 0 Å². The van der Waals surface area contributed by atoms with Crippen LogP contribution in [-0.4, -0.2) is 42.7 Å². The van der Waals surface area contributed by atoms with Gasteiger partial charge in [-0.05, 0) is 62.7 Å². The highest BCUT2D eigenvalue weighted by Gasteiger charge is 2.12. The number of hydrogen-bond acceptors (Lipinski definition) is 12. The van der Waals surface area contributed by atoms with Gasteiger partial charge in [-0.25, -0.2) is 4.98 Å². The number of methoxy groups -OCH3 is 1. The summed E-state index contributed by atoms with van der Waals surface area (Å²) in [6.07, 6.45) is 0.323. The molecule has 0 aliphatic rings. The molecule has 0 fully saturated rings. The molecule has 4 aromatic rings. The highest BCUT2D eigenvalue weighted by molar-refractivity contribution is 7.21. The molecule has 0 N–H and O–H groups in total. The van der Waals surface area contributed by atoms with Crippen LogP contribution < -0.4 is 9.64 Å². The van der Waals surface area contributed by atoms with Crippen molar-refractivity contribution in [3.8, 4) is 5.75 Å². The number of nitro benzene ring substituents is 1. The predicted molar refractivity (Wildman–Crippen MR) is 158 cm³/mol. The Morgan fingerprint density at radius 1 is 1.02 bits per heavy atom. The third-order valence-electron chi connectivity index (χ3n) is 6.07. The van der Waals surface area contributed by atoms with Gasteiger partial charge >= 0.3 is 5.97 Å². The van der Waals surface area contributed by atoms with Gasteiger partial charge in [0.15, 0.2) is 0 Å². The van der Waals surface area contributed by atoms with E-state index in [0.717, 1.165) is 17.8 Å². The lowest BCUT2D eigenvalue weighted by molar-refractivity contribution is -0.384. The van der Waals surface area contributed by atoms with Crippen molar-refractivity contribution in [2.75, 3.05) is 31.7 Å². The first-order chi connectivity index (χ1) is 19.8. The normalized spacial score (nSPS) is 11.4. The molecule has 41 heavy (non-hydrogen) atoms. The van der Waals surface area contributed by atoms with Gasteiger partial charge in [0.2, 0.25) is 5.13 Å². The number of aromatic nitrogens is 1. The molecule has 0 radical (unpaired) electrons. The van der Waals surface area contributed by atoms with E-state index in [2.05, 4.69) is 30.3 Å². The lowest BCUT2D eigenvalue weighted by Gasteiger charge is -2.22. The van der Waals surface area contributed by atoms with Gasteiger partial charge in [0.25, 0.3) is 5.69 Å². The molecule has 12 nitrogen and oxygen atoms in total. The van der Waals surface area contributed by atoms with Gasteiger partial charge < -0.3 is 14.4 Å². The Balaban J connectivity index is 1.47. The molecule has 0 saturated heterocycles. The second kappa shape index (κ2) is 13.5. The summed E-state index contributed by atoms with van der Waals surface area (Å²) in [5, 5.41) is 28.7. The molecule has 0 bridgehead atoms. The average Bonchev–Trinajstić information content (AvgIpc) is 3.39. The number of hydrogen-bond donors (Lipinski definition) is 0. The fraction of sp³-hybridized carbons (Fsp3) is 0.286. The molecular formula is C28H29N7O5S. The van der Waals surface area contributed by atoms with Gasteiger partial charge in [0, 0.05) is 37.0 Å². The van der Waals surface area contributed by atoms with Crippen molar-refractivity contribution < 1.29 is 19.2 Å². The van der Waals surface area contributed by atoms with Crippen LogP contribution in [-0.2, 0) is 9.53 Å². The van der Waals surface area contributed by atoms with Crippen LogP contribution in [0.25, 0.3) is 10.2 Å². The number of carbonyl (C=O) groups excluding carboxylic acids is 1. The smallest absolute Gasteiger partial charge is 0.307 e. The Morgan fingerprint density at radius 3 is 2.46 bits per heavy atom. The second-order valence-corrected chi connectivity index (χ2v) is 9.78. The first kappa shape index (κ1) is 29.2. The number of thiazole rings is 1. The third kappa shape index (κ3) is 7.45. The van der Waals surface area contributed by atoms with E-state index in [1.54, 1.807) is 25.1 Å². The minimum Gasteiger partial charge on any atom is -0.494 e. The zero-order chi connectivity index (χ0) is 29.4. The van der Waals surface area contributed by atoms with Gasteiger partial charge in [-0.15, -0.1) is 15.3 Å². The zero-order valence-corrected chi connectivity index (χ0v) is 23.9. The van der Waals surface area contributed by atoms with Crippen LogP contribution in [0.2, 0.25) is 0 Å². The average molecular weight is 576 g/mol.